The molecule has 4 rings (SSSR count). The number of carbonyl (C=O) groups excluding carboxylic acids is 1. The van der Waals surface area contributed by atoms with E-state index in [1.54, 1.807) is 23.6 Å². The van der Waals surface area contributed by atoms with E-state index in [9.17, 15) is 22.8 Å². The van der Waals surface area contributed by atoms with Gasteiger partial charge in [-0.3, -0.25) is 4.79 Å². The number of halogens is 3. The molecule has 2 aromatic heterocycles. The van der Waals surface area contributed by atoms with Crippen LogP contribution in [0.3, 0.4) is 0 Å². The molecule has 158 valence electrons. The Morgan fingerprint density at radius 3 is 2.70 bits per heavy atom. The monoisotopic (exact) mass is 419 g/mol. The lowest BCUT2D eigenvalue weighted by Gasteiger charge is -2.12. The van der Waals surface area contributed by atoms with Crippen LogP contribution in [0.15, 0.2) is 41.3 Å². The predicted molar refractivity (Wildman–Crippen MR) is 103 cm³/mol. The van der Waals surface area contributed by atoms with Gasteiger partial charge in [0.15, 0.2) is 0 Å². The number of aryl methyl sites for hydroxylation is 2. The molecule has 0 unspecified atom stereocenters. The Kier molecular flexibility index (Phi) is 5.13. The van der Waals surface area contributed by atoms with Gasteiger partial charge in [0.1, 0.15) is 11.2 Å². The van der Waals surface area contributed by atoms with Crippen molar-refractivity contribution in [1.82, 2.24) is 14.2 Å². The second kappa shape index (κ2) is 7.62. The highest BCUT2D eigenvalue weighted by Gasteiger charge is 2.30. The minimum absolute atomic E-state index is 0.118. The molecular formula is C21H20F3N3O3. The zero-order valence-electron chi connectivity index (χ0n) is 16.3. The van der Waals surface area contributed by atoms with Crippen molar-refractivity contribution in [3.05, 3.63) is 69.3 Å². The van der Waals surface area contributed by atoms with Gasteiger partial charge in [-0.2, -0.15) is 22.8 Å². The Hall–Kier alpha value is -3.10. The van der Waals surface area contributed by atoms with Crippen molar-refractivity contribution >= 4 is 11.6 Å². The summed E-state index contributed by atoms with van der Waals surface area (Å²) in [6, 6.07) is 6.93. The molecule has 1 aliphatic rings. The number of hydrogen-bond donors (Lipinski definition) is 0. The summed E-state index contributed by atoms with van der Waals surface area (Å²) in [5.41, 5.74) is 0.353. The van der Waals surface area contributed by atoms with E-state index in [-0.39, 0.29) is 25.1 Å². The fourth-order valence-electron chi connectivity index (χ4n) is 3.39. The fourth-order valence-corrected chi connectivity index (χ4v) is 3.39. The number of nitrogens with zero attached hydrogens (tertiary/aromatic N) is 3. The minimum atomic E-state index is -4.41. The van der Waals surface area contributed by atoms with Gasteiger partial charge < -0.3 is 9.30 Å². The molecule has 0 amide bonds. The number of rotatable bonds is 6. The van der Waals surface area contributed by atoms with E-state index in [1.165, 1.54) is 16.8 Å². The second-order valence-corrected chi connectivity index (χ2v) is 7.32. The first-order valence-electron chi connectivity index (χ1n) is 9.74. The molecule has 1 fully saturated rings. The van der Waals surface area contributed by atoms with E-state index in [0.717, 1.165) is 30.7 Å². The van der Waals surface area contributed by atoms with Crippen LogP contribution in [0, 0.1) is 0 Å². The van der Waals surface area contributed by atoms with Gasteiger partial charge in [-0.05, 0) is 37.8 Å². The molecule has 0 saturated heterocycles. The highest BCUT2D eigenvalue weighted by atomic mass is 19.4. The zero-order chi connectivity index (χ0) is 21.5. The number of esters is 1. The van der Waals surface area contributed by atoms with Crippen LogP contribution in [-0.2, 0) is 23.9 Å². The number of carbonyl (C=O) groups is 1. The van der Waals surface area contributed by atoms with Crippen molar-refractivity contribution < 1.29 is 22.7 Å². The maximum Gasteiger partial charge on any atom is 0.416 e. The van der Waals surface area contributed by atoms with Crippen LogP contribution in [0.2, 0.25) is 0 Å². The van der Waals surface area contributed by atoms with E-state index < -0.39 is 23.3 Å². The summed E-state index contributed by atoms with van der Waals surface area (Å²) in [7, 11) is 0. The van der Waals surface area contributed by atoms with E-state index in [1.807, 2.05) is 0 Å². The number of ether oxygens (including phenoxy) is 1. The van der Waals surface area contributed by atoms with Gasteiger partial charge in [0.25, 0.3) is 5.56 Å². The van der Waals surface area contributed by atoms with Crippen LogP contribution in [0.1, 0.15) is 52.9 Å². The van der Waals surface area contributed by atoms with Crippen LogP contribution in [0.25, 0.3) is 5.65 Å². The van der Waals surface area contributed by atoms with Gasteiger partial charge in [0, 0.05) is 24.7 Å². The summed E-state index contributed by atoms with van der Waals surface area (Å²) < 4.78 is 46.8. The smallest absolute Gasteiger partial charge is 0.416 e. The molecule has 9 heteroatoms. The van der Waals surface area contributed by atoms with Crippen molar-refractivity contribution in [2.75, 3.05) is 6.61 Å². The molecule has 1 aliphatic carbocycles. The number of benzene rings is 1. The molecule has 1 saturated carbocycles. The molecule has 2 heterocycles. The summed E-state index contributed by atoms with van der Waals surface area (Å²) in [6.07, 6.45) is -0.737. The molecule has 1 aromatic carbocycles. The van der Waals surface area contributed by atoms with Gasteiger partial charge in [-0.15, -0.1) is 0 Å². The van der Waals surface area contributed by atoms with Crippen molar-refractivity contribution in [3.63, 3.8) is 0 Å². The Balaban J connectivity index is 1.71. The number of aromatic nitrogens is 3. The Morgan fingerprint density at radius 2 is 2.03 bits per heavy atom. The van der Waals surface area contributed by atoms with Crippen molar-refractivity contribution in [1.29, 1.82) is 0 Å². The lowest BCUT2D eigenvalue weighted by Crippen LogP contribution is -2.27. The summed E-state index contributed by atoms with van der Waals surface area (Å²) in [5.74, 6) is -0.451. The summed E-state index contributed by atoms with van der Waals surface area (Å²) in [6.45, 7) is 2.03. The predicted octanol–water partition coefficient (Wildman–Crippen LogP) is 3.81. The first-order chi connectivity index (χ1) is 14.3. The SMILES string of the molecule is CCOC(=O)c1cn(CCc2cccc(C(F)(F)F)c2)c2cc(C3CC3)nn2c1=O. The molecule has 0 spiro atoms. The molecule has 0 bridgehead atoms. The third-order valence-corrected chi connectivity index (χ3v) is 5.10. The molecule has 0 N–H and O–H groups in total. The molecular weight excluding hydrogens is 399 g/mol. The highest BCUT2D eigenvalue weighted by molar-refractivity contribution is 5.88. The minimum Gasteiger partial charge on any atom is -0.462 e. The van der Waals surface area contributed by atoms with Crippen LogP contribution < -0.4 is 5.56 Å². The molecule has 0 atom stereocenters. The van der Waals surface area contributed by atoms with Crippen LogP contribution in [-0.4, -0.2) is 26.8 Å². The van der Waals surface area contributed by atoms with Crippen molar-refractivity contribution in [3.8, 4) is 0 Å². The molecule has 0 radical (unpaired) electrons. The van der Waals surface area contributed by atoms with Gasteiger partial charge in [-0.1, -0.05) is 18.2 Å². The first kappa shape index (κ1) is 20.2. The van der Waals surface area contributed by atoms with Crippen LogP contribution >= 0.6 is 0 Å². The maximum atomic E-state index is 13.0. The van der Waals surface area contributed by atoms with E-state index in [4.69, 9.17) is 4.74 Å². The third-order valence-electron chi connectivity index (χ3n) is 5.10. The largest absolute Gasteiger partial charge is 0.462 e. The summed E-state index contributed by atoms with van der Waals surface area (Å²) >= 11 is 0. The maximum absolute atomic E-state index is 13.0. The average Bonchev–Trinajstić information content (AvgIpc) is 3.45. The van der Waals surface area contributed by atoms with Crippen molar-refractivity contribution in [2.24, 2.45) is 0 Å². The Labute approximate surface area is 169 Å². The van der Waals surface area contributed by atoms with E-state index >= 15 is 0 Å². The van der Waals surface area contributed by atoms with E-state index in [0.29, 0.717) is 17.1 Å². The summed E-state index contributed by atoms with van der Waals surface area (Å²) in [5, 5.41) is 4.37. The number of alkyl halides is 3. The van der Waals surface area contributed by atoms with E-state index in [2.05, 4.69) is 5.10 Å². The average molecular weight is 419 g/mol. The van der Waals surface area contributed by atoms with Gasteiger partial charge in [0.05, 0.1) is 17.9 Å². The van der Waals surface area contributed by atoms with Gasteiger partial charge in [-0.25, -0.2) is 4.79 Å². The highest BCUT2D eigenvalue weighted by Crippen LogP contribution is 2.39. The molecule has 0 aliphatic heterocycles. The van der Waals surface area contributed by atoms with Gasteiger partial charge in [0.2, 0.25) is 0 Å². The lowest BCUT2D eigenvalue weighted by molar-refractivity contribution is -0.137. The van der Waals surface area contributed by atoms with Crippen molar-refractivity contribution in [2.45, 2.75) is 44.8 Å². The van der Waals surface area contributed by atoms with Gasteiger partial charge >= 0.3 is 12.1 Å². The number of fused-ring (bicyclic) bond motifs is 1. The molecule has 3 aromatic rings. The summed E-state index contributed by atoms with van der Waals surface area (Å²) in [4.78, 5) is 25.0. The second-order valence-electron chi connectivity index (χ2n) is 7.32. The fraction of sp³-hybridized carbons (Fsp3) is 0.381. The Morgan fingerprint density at radius 1 is 1.27 bits per heavy atom. The standard InChI is InChI=1S/C21H20F3N3O3/c1-2-30-20(29)16-12-26(9-8-13-4-3-5-15(10-13)21(22,23)24)18-11-17(14-6-7-14)25-27(18)19(16)28/h3-5,10-12,14H,2,6-9H2,1H3. The van der Waals surface area contributed by atoms with Crippen LogP contribution in [0.4, 0.5) is 13.2 Å². The Bertz CT molecular complexity index is 1160. The third kappa shape index (κ3) is 3.96. The normalized spacial score (nSPS) is 14.3. The number of hydrogen-bond acceptors (Lipinski definition) is 4. The topological polar surface area (TPSA) is 65.6 Å². The quantitative estimate of drug-likeness (QED) is 0.570. The van der Waals surface area contributed by atoms with Crippen LogP contribution in [0.5, 0.6) is 0 Å². The zero-order valence-corrected chi connectivity index (χ0v) is 16.3. The molecule has 6 nitrogen and oxygen atoms in total. The lowest BCUT2D eigenvalue weighted by atomic mass is 10.1. The molecule has 30 heavy (non-hydrogen) atoms. The first-order valence-corrected chi connectivity index (χ1v) is 9.74.